The molecule has 1 aromatic carbocycles. The normalized spacial score (nSPS) is 13.3. The summed E-state index contributed by atoms with van der Waals surface area (Å²) in [5.41, 5.74) is 1.90. The van der Waals surface area contributed by atoms with Gasteiger partial charge < -0.3 is 5.32 Å². The fourth-order valence-electron chi connectivity index (χ4n) is 2.04. The standard InChI is InChI=1S/C15H17F3N2S/c1-19-12(7-8-15(16,17)18)9-14-20-13(10-21-14)11-5-3-2-4-6-11/h2-6,10,12,19H,7-9H2,1H3. The first kappa shape index (κ1) is 16.0. The number of rotatable bonds is 6. The molecule has 114 valence electrons. The molecule has 0 fully saturated rings. The molecule has 1 heterocycles. The largest absolute Gasteiger partial charge is 0.389 e. The van der Waals surface area contributed by atoms with E-state index in [1.165, 1.54) is 11.3 Å². The first-order valence-electron chi connectivity index (χ1n) is 6.72. The van der Waals surface area contributed by atoms with Crippen molar-refractivity contribution in [3.05, 3.63) is 40.7 Å². The van der Waals surface area contributed by atoms with Crippen molar-refractivity contribution < 1.29 is 13.2 Å². The van der Waals surface area contributed by atoms with E-state index < -0.39 is 12.6 Å². The van der Waals surface area contributed by atoms with E-state index in [9.17, 15) is 13.2 Å². The van der Waals surface area contributed by atoms with E-state index in [1.54, 1.807) is 7.05 Å². The monoisotopic (exact) mass is 314 g/mol. The third-order valence-corrected chi connectivity index (χ3v) is 4.10. The van der Waals surface area contributed by atoms with E-state index >= 15 is 0 Å². The topological polar surface area (TPSA) is 24.9 Å². The molecule has 0 amide bonds. The molecule has 0 saturated heterocycles. The van der Waals surface area contributed by atoms with Gasteiger partial charge in [0, 0.05) is 29.8 Å². The van der Waals surface area contributed by atoms with Gasteiger partial charge in [0.2, 0.25) is 0 Å². The quantitative estimate of drug-likeness (QED) is 0.860. The van der Waals surface area contributed by atoms with Crippen LogP contribution >= 0.6 is 11.3 Å². The number of halogens is 3. The van der Waals surface area contributed by atoms with Gasteiger partial charge in [-0.2, -0.15) is 13.2 Å². The van der Waals surface area contributed by atoms with Gasteiger partial charge in [-0.1, -0.05) is 30.3 Å². The number of thiazole rings is 1. The maximum atomic E-state index is 12.3. The average Bonchev–Trinajstić information content (AvgIpc) is 2.92. The number of hydrogen-bond donors (Lipinski definition) is 1. The second kappa shape index (κ2) is 7.04. The highest BCUT2D eigenvalue weighted by atomic mass is 32.1. The Balaban J connectivity index is 1.98. The molecule has 0 aliphatic rings. The second-order valence-electron chi connectivity index (χ2n) is 4.84. The minimum Gasteiger partial charge on any atom is -0.317 e. The van der Waals surface area contributed by atoms with E-state index in [0.717, 1.165) is 16.3 Å². The van der Waals surface area contributed by atoms with Gasteiger partial charge in [0.15, 0.2) is 0 Å². The van der Waals surface area contributed by atoms with Crippen LogP contribution in [-0.4, -0.2) is 24.2 Å². The summed E-state index contributed by atoms with van der Waals surface area (Å²) >= 11 is 1.49. The molecular formula is C15H17F3N2S. The predicted octanol–water partition coefficient (Wildman–Crippen LogP) is 4.28. The van der Waals surface area contributed by atoms with E-state index in [4.69, 9.17) is 0 Å². The van der Waals surface area contributed by atoms with E-state index in [0.29, 0.717) is 6.42 Å². The van der Waals surface area contributed by atoms with Crippen LogP contribution in [0.3, 0.4) is 0 Å². The molecule has 21 heavy (non-hydrogen) atoms. The third-order valence-electron chi connectivity index (χ3n) is 3.23. The highest BCUT2D eigenvalue weighted by molar-refractivity contribution is 7.09. The van der Waals surface area contributed by atoms with Gasteiger partial charge in [0.1, 0.15) is 0 Å². The molecule has 1 unspecified atom stereocenters. The molecule has 1 N–H and O–H groups in total. The van der Waals surface area contributed by atoms with Crippen molar-refractivity contribution in [2.75, 3.05) is 7.05 Å². The molecule has 0 aliphatic carbocycles. The lowest BCUT2D eigenvalue weighted by molar-refractivity contribution is -0.136. The van der Waals surface area contributed by atoms with Crippen molar-refractivity contribution in [3.8, 4) is 11.3 Å². The van der Waals surface area contributed by atoms with Gasteiger partial charge >= 0.3 is 6.18 Å². The maximum absolute atomic E-state index is 12.3. The minimum atomic E-state index is -4.10. The van der Waals surface area contributed by atoms with Crippen molar-refractivity contribution in [1.82, 2.24) is 10.3 Å². The molecule has 0 radical (unpaired) electrons. The summed E-state index contributed by atoms with van der Waals surface area (Å²) in [7, 11) is 1.69. The first-order valence-corrected chi connectivity index (χ1v) is 7.60. The van der Waals surface area contributed by atoms with Gasteiger partial charge in [0.25, 0.3) is 0 Å². The smallest absolute Gasteiger partial charge is 0.317 e. The van der Waals surface area contributed by atoms with E-state index in [1.807, 2.05) is 35.7 Å². The van der Waals surface area contributed by atoms with Gasteiger partial charge in [-0.3, -0.25) is 0 Å². The second-order valence-corrected chi connectivity index (χ2v) is 5.78. The lowest BCUT2D eigenvalue weighted by Crippen LogP contribution is -2.29. The van der Waals surface area contributed by atoms with Crippen molar-refractivity contribution in [2.45, 2.75) is 31.5 Å². The van der Waals surface area contributed by atoms with Crippen molar-refractivity contribution in [1.29, 1.82) is 0 Å². The molecular weight excluding hydrogens is 297 g/mol. The molecule has 0 saturated carbocycles. The van der Waals surface area contributed by atoms with Crippen molar-refractivity contribution in [3.63, 3.8) is 0 Å². The molecule has 2 rings (SSSR count). The molecule has 0 spiro atoms. The molecule has 0 bridgehead atoms. The van der Waals surface area contributed by atoms with Crippen LogP contribution in [0.1, 0.15) is 17.8 Å². The Hall–Kier alpha value is -1.40. The maximum Gasteiger partial charge on any atom is 0.389 e. The summed E-state index contributed by atoms with van der Waals surface area (Å²) in [6.07, 6.45) is -4.28. The number of hydrogen-bond acceptors (Lipinski definition) is 3. The highest BCUT2D eigenvalue weighted by Gasteiger charge is 2.28. The summed E-state index contributed by atoms with van der Waals surface area (Å²) < 4.78 is 36.8. The van der Waals surface area contributed by atoms with E-state index in [-0.39, 0.29) is 12.5 Å². The van der Waals surface area contributed by atoms with Crippen molar-refractivity contribution >= 4 is 11.3 Å². The van der Waals surface area contributed by atoms with Gasteiger partial charge in [-0.05, 0) is 13.5 Å². The number of alkyl halides is 3. The number of aromatic nitrogens is 1. The Morgan fingerprint density at radius 3 is 2.57 bits per heavy atom. The van der Waals surface area contributed by atoms with Gasteiger partial charge in [0.05, 0.1) is 10.7 Å². The Labute approximate surface area is 126 Å². The summed E-state index contributed by atoms with van der Waals surface area (Å²) in [5, 5.41) is 5.74. The third kappa shape index (κ3) is 5.13. The molecule has 0 aliphatic heterocycles. The first-order chi connectivity index (χ1) is 9.98. The molecule has 1 aromatic heterocycles. The zero-order valence-corrected chi connectivity index (χ0v) is 12.5. The predicted molar refractivity (Wildman–Crippen MR) is 79.4 cm³/mol. The van der Waals surface area contributed by atoms with Crippen LogP contribution in [0.4, 0.5) is 13.2 Å². The van der Waals surface area contributed by atoms with E-state index in [2.05, 4.69) is 10.3 Å². The van der Waals surface area contributed by atoms with Crippen LogP contribution in [-0.2, 0) is 6.42 Å². The molecule has 6 heteroatoms. The number of likely N-dealkylation sites (N-methyl/N-ethyl adjacent to an activating group) is 1. The van der Waals surface area contributed by atoms with Crippen molar-refractivity contribution in [2.24, 2.45) is 0 Å². The van der Waals surface area contributed by atoms with Crippen LogP contribution < -0.4 is 5.32 Å². The summed E-state index contributed by atoms with van der Waals surface area (Å²) in [6, 6.07) is 9.55. The van der Waals surface area contributed by atoms with Gasteiger partial charge in [-0.15, -0.1) is 11.3 Å². The lowest BCUT2D eigenvalue weighted by atomic mass is 10.1. The minimum absolute atomic E-state index is 0.0697. The van der Waals surface area contributed by atoms with Crippen LogP contribution in [0.5, 0.6) is 0 Å². The summed E-state index contributed by atoms with van der Waals surface area (Å²) in [5.74, 6) is 0. The number of nitrogens with one attached hydrogen (secondary N) is 1. The molecule has 1 atom stereocenters. The summed E-state index contributed by atoms with van der Waals surface area (Å²) in [6.45, 7) is 0. The SMILES string of the molecule is CNC(CCC(F)(F)F)Cc1nc(-c2ccccc2)cs1. The Bertz CT molecular complexity index is 552. The van der Waals surface area contributed by atoms with Crippen LogP contribution in [0.15, 0.2) is 35.7 Å². The van der Waals surface area contributed by atoms with Crippen LogP contribution in [0, 0.1) is 0 Å². The number of benzene rings is 1. The fourth-order valence-corrected chi connectivity index (χ4v) is 2.93. The Morgan fingerprint density at radius 1 is 1.24 bits per heavy atom. The Morgan fingerprint density at radius 2 is 1.95 bits per heavy atom. The fraction of sp³-hybridized carbons (Fsp3) is 0.400. The summed E-state index contributed by atoms with van der Waals surface area (Å²) in [4.78, 5) is 4.51. The van der Waals surface area contributed by atoms with Crippen LogP contribution in [0.25, 0.3) is 11.3 Å². The number of nitrogens with zero attached hydrogens (tertiary/aromatic N) is 1. The van der Waals surface area contributed by atoms with Gasteiger partial charge in [-0.25, -0.2) is 4.98 Å². The lowest BCUT2D eigenvalue weighted by Gasteiger charge is -2.15. The zero-order chi connectivity index (χ0) is 15.3. The Kier molecular flexibility index (Phi) is 5.36. The highest BCUT2D eigenvalue weighted by Crippen LogP contribution is 2.25. The molecule has 2 nitrogen and oxygen atoms in total. The van der Waals surface area contributed by atoms with Crippen LogP contribution in [0.2, 0.25) is 0 Å². The zero-order valence-electron chi connectivity index (χ0n) is 11.7. The molecule has 2 aromatic rings. The average molecular weight is 314 g/mol.